The minimum absolute atomic E-state index is 0.0373. The van der Waals surface area contributed by atoms with Crippen molar-refractivity contribution >= 4 is 10.4 Å². The molecule has 3 aromatic rings. The summed E-state index contributed by atoms with van der Waals surface area (Å²) in [6.07, 6.45) is 0. The average Bonchev–Trinajstić information content (AvgIpc) is 2.71. The van der Waals surface area contributed by atoms with Crippen molar-refractivity contribution in [3.05, 3.63) is 89.5 Å². The summed E-state index contributed by atoms with van der Waals surface area (Å²) in [5, 5.41) is 0. The Balaban J connectivity index is 2.17. The van der Waals surface area contributed by atoms with Crippen LogP contribution < -0.4 is 0 Å². The first-order valence-corrected chi connectivity index (χ1v) is 13.0. The highest BCUT2D eigenvalue weighted by atomic mass is 32.3. The minimum Gasteiger partial charge on any atom is -0.175 e. The van der Waals surface area contributed by atoms with E-state index in [4.69, 9.17) is 0 Å². The number of benzene rings is 3. The molecule has 0 amide bonds. The van der Waals surface area contributed by atoms with E-state index in [2.05, 4.69) is 98.7 Å². The van der Waals surface area contributed by atoms with Crippen molar-refractivity contribution in [3.63, 3.8) is 0 Å². The van der Waals surface area contributed by atoms with Gasteiger partial charge in [-0.1, -0.05) is 98.7 Å². The molecule has 3 aromatic carbocycles. The quantitative estimate of drug-likeness (QED) is 0.372. The summed E-state index contributed by atoms with van der Waals surface area (Å²) in [5.41, 5.74) is 3.76. The molecule has 0 bridgehead atoms. The van der Waals surface area contributed by atoms with Crippen LogP contribution >= 0.6 is 10.4 Å². The molecule has 0 fully saturated rings. The second-order valence-corrected chi connectivity index (χ2v) is 14.4. The standard InChI is InChI=1S/C30H39FS/c1-28(2,3)22-10-16-25(17-11-22)32(31,26-18-12-23(13-19-26)29(4,5)6)27-20-14-24(15-21-27)30(7,8)9/h10-21H,1-9H3. The highest BCUT2D eigenvalue weighted by Gasteiger charge is 2.32. The van der Waals surface area contributed by atoms with Crippen LogP contribution in [0.4, 0.5) is 3.89 Å². The van der Waals surface area contributed by atoms with E-state index in [1.807, 2.05) is 36.4 Å². The largest absolute Gasteiger partial charge is 0.175 e. The van der Waals surface area contributed by atoms with Gasteiger partial charge >= 0.3 is 0 Å². The average molecular weight is 451 g/mol. The molecule has 0 saturated carbocycles. The first kappa shape index (κ1) is 24.6. The van der Waals surface area contributed by atoms with E-state index in [0.29, 0.717) is 0 Å². The summed E-state index contributed by atoms with van der Waals surface area (Å²) in [7, 11) is -2.86. The Morgan fingerprint density at radius 2 is 0.594 bits per heavy atom. The maximum absolute atomic E-state index is 17.4. The molecule has 0 nitrogen and oxygen atoms in total. The van der Waals surface area contributed by atoms with E-state index in [-0.39, 0.29) is 16.2 Å². The number of hydrogen-bond acceptors (Lipinski definition) is 0. The van der Waals surface area contributed by atoms with E-state index >= 15 is 3.89 Å². The van der Waals surface area contributed by atoms with Crippen molar-refractivity contribution in [3.8, 4) is 0 Å². The van der Waals surface area contributed by atoms with E-state index < -0.39 is 10.4 Å². The predicted octanol–water partition coefficient (Wildman–Crippen LogP) is 9.75. The Hall–Kier alpha value is -2.06. The molecule has 0 aliphatic rings. The van der Waals surface area contributed by atoms with Gasteiger partial charge in [-0.15, -0.1) is 0 Å². The normalized spacial score (nSPS) is 13.8. The first-order chi connectivity index (χ1) is 14.6. The van der Waals surface area contributed by atoms with Gasteiger partial charge in [0.2, 0.25) is 0 Å². The molecule has 0 N–H and O–H groups in total. The fraction of sp³-hybridized carbons (Fsp3) is 0.400. The summed E-state index contributed by atoms with van der Waals surface area (Å²) < 4.78 is 17.4. The number of rotatable bonds is 3. The van der Waals surface area contributed by atoms with Crippen LogP contribution in [0.2, 0.25) is 0 Å². The van der Waals surface area contributed by atoms with Gasteiger partial charge in [0.05, 0.1) is 0 Å². The van der Waals surface area contributed by atoms with E-state index in [0.717, 1.165) is 14.7 Å². The summed E-state index contributed by atoms with van der Waals surface area (Å²) in [5.74, 6) is 0. The molecule has 0 aliphatic carbocycles. The third-order valence-electron chi connectivity index (χ3n) is 6.14. The molecular formula is C30H39FS. The molecule has 0 aromatic heterocycles. The van der Waals surface area contributed by atoms with E-state index in [1.165, 1.54) is 16.7 Å². The smallest absolute Gasteiger partial charge is 0.0263 e. The Morgan fingerprint density at radius 1 is 0.406 bits per heavy atom. The van der Waals surface area contributed by atoms with E-state index in [9.17, 15) is 0 Å². The van der Waals surface area contributed by atoms with E-state index in [1.54, 1.807) is 0 Å². The van der Waals surface area contributed by atoms with Crippen molar-refractivity contribution in [1.29, 1.82) is 0 Å². The Labute approximate surface area is 196 Å². The fourth-order valence-electron chi connectivity index (χ4n) is 3.84. The molecular weight excluding hydrogens is 411 g/mol. The first-order valence-electron chi connectivity index (χ1n) is 11.5. The molecule has 0 saturated heterocycles. The van der Waals surface area contributed by atoms with Crippen molar-refractivity contribution in [2.24, 2.45) is 0 Å². The monoisotopic (exact) mass is 450 g/mol. The summed E-state index contributed by atoms with van der Waals surface area (Å²) >= 11 is 0. The SMILES string of the molecule is CC(C)(C)c1ccc(S(F)(c2ccc(C(C)(C)C)cc2)c2ccc(C(C)(C)C)cc2)cc1. The van der Waals surface area contributed by atoms with Crippen LogP contribution in [0.3, 0.4) is 0 Å². The van der Waals surface area contributed by atoms with Gasteiger partial charge in [0.15, 0.2) is 0 Å². The van der Waals surface area contributed by atoms with Crippen LogP contribution in [0.1, 0.15) is 79.0 Å². The van der Waals surface area contributed by atoms with Gasteiger partial charge in [-0.3, -0.25) is 0 Å². The zero-order valence-corrected chi connectivity index (χ0v) is 22.0. The number of hydrogen-bond donors (Lipinski definition) is 0. The van der Waals surface area contributed by atoms with Crippen LogP contribution in [0.25, 0.3) is 0 Å². The van der Waals surface area contributed by atoms with Gasteiger partial charge in [-0.2, -0.15) is 3.89 Å². The summed E-state index contributed by atoms with van der Waals surface area (Å²) in [6.45, 7) is 19.7. The van der Waals surface area contributed by atoms with Gasteiger partial charge < -0.3 is 0 Å². The van der Waals surface area contributed by atoms with Crippen LogP contribution in [0.15, 0.2) is 87.5 Å². The Kier molecular flexibility index (Phi) is 6.43. The summed E-state index contributed by atoms with van der Waals surface area (Å²) in [4.78, 5) is 2.24. The third kappa shape index (κ3) is 4.96. The lowest BCUT2D eigenvalue weighted by molar-refractivity contribution is 0.589. The van der Waals surface area contributed by atoms with Gasteiger partial charge in [0.25, 0.3) is 0 Å². The van der Waals surface area contributed by atoms with Gasteiger partial charge in [0.1, 0.15) is 0 Å². The molecule has 0 radical (unpaired) electrons. The number of halogens is 1. The Morgan fingerprint density at radius 3 is 0.750 bits per heavy atom. The van der Waals surface area contributed by atoms with Gasteiger partial charge in [-0.05, 0) is 79.7 Å². The minimum atomic E-state index is -2.86. The molecule has 2 heteroatoms. The topological polar surface area (TPSA) is 0 Å². The zero-order chi connectivity index (χ0) is 23.9. The van der Waals surface area contributed by atoms with Crippen LogP contribution in [-0.4, -0.2) is 0 Å². The highest BCUT2D eigenvalue weighted by molar-refractivity contribution is 8.29. The predicted molar refractivity (Wildman–Crippen MR) is 139 cm³/mol. The Bertz CT molecular complexity index is 899. The fourth-order valence-corrected chi connectivity index (χ4v) is 6.19. The van der Waals surface area contributed by atoms with Crippen LogP contribution in [0.5, 0.6) is 0 Å². The maximum atomic E-state index is 17.4. The lowest BCUT2D eigenvalue weighted by atomic mass is 9.87. The van der Waals surface area contributed by atoms with Gasteiger partial charge in [-0.25, -0.2) is 0 Å². The second kappa shape index (κ2) is 8.37. The zero-order valence-electron chi connectivity index (χ0n) is 21.2. The highest BCUT2D eigenvalue weighted by Crippen LogP contribution is 2.69. The molecule has 0 spiro atoms. The van der Waals surface area contributed by atoms with Crippen molar-refractivity contribution < 1.29 is 3.89 Å². The van der Waals surface area contributed by atoms with Gasteiger partial charge in [0, 0.05) is 14.7 Å². The third-order valence-corrected chi connectivity index (χ3v) is 8.90. The maximum Gasteiger partial charge on any atom is 0.0263 e. The molecule has 0 unspecified atom stereocenters. The van der Waals surface area contributed by atoms with Crippen molar-refractivity contribution in [2.75, 3.05) is 0 Å². The lowest BCUT2D eigenvalue weighted by Crippen LogP contribution is -2.12. The molecule has 32 heavy (non-hydrogen) atoms. The molecule has 0 aliphatic heterocycles. The summed E-state index contributed by atoms with van der Waals surface area (Å²) in [6, 6.07) is 24.5. The van der Waals surface area contributed by atoms with Crippen molar-refractivity contribution in [1.82, 2.24) is 0 Å². The van der Waals surface area contributed by atoms with Crippen LogP contribution in [0, 0.1) is 0 Å². The molecule has 3 rings (SSSR count). The molecule has 172 valence electrons. The van der Waals surface area contributed by atoms with Crippen molar-refractivity contribution in [2.45, 2.75) is 93.2 Å². The molecule has 0 atom stereocenters. The van der Waals surface area contributed by atoms with Crippen LogP contribution in [-0.2, 0) is 16.2 Å². The molecule has 0 heterocycles. The second-order valence-electron chi connectivity index (χ2n) is 11.9. The lowest BCUT2D eigenvalue weighted by Gasteiger charge is -2.34.